The lowest BCUT2D eigenvalue weighted by Crippen LogP contribution is -2.35. The second-order valence-electron chi connectivity index (χ2n) is 5.60. The quantitative estimate of drug-likeness (QED) is 0.851. The molecule has 1 aliphatic heterocycles. The van der Waals surface area contributed by atoms with Gasteiger partial charge in [-0.25, -0.2) is 0 Å². The summed E-state index contributed by atoms with van der Waals surface area (Å²) < 4.78 is 10.5. The van der Waals surface area contributed by atoms with Gasteiger partial charge in [0.25, 0.3) is 0 Å². The van der Waals surface area contributed by atoms with Crippen molar-refractivity contribution in [2.75, 3.05) is 33.4 Å². The zero-order valence-electron chi connectivity index (χ0n) is 13.7. The number of phenolic OH excluding ortho intramolecular Hbond substituents is 1. The van der Waals surface area contributed by atoms with Gasteiger partial charge in [0.2, 0.25) is 0 Å². The number of benzene rings is 2. The predicted molar refractivity (Wildman–Crippen MR) is 91.4 cm³/mol. The highest BCUT2D eigenvalue weighted by Gasteiger charge is 2.13. The Bertz CT molecular complexity index is 695. The molecular formula is C18H21N3O3. The molecule has 1 aliphatic rings. The molecule has 0 spiro atoms. The van der Waals surface area contributed by atoms with Gasteiger partial charge in [-0.1, -0.05) is 0 Å². The number of nitrogens with zero attached hydrogens (tertiary/aromatic N) is 3. The fourth-order valence-electron chi connectivity index (χ4n) is 2.53. The van der Waals surface area contributed by atoms with Crippen molar-refractivity contribution < 1.29 is 14.6 Å². The average molecular weight is 327 g/mol. The Morgan fingerprint density at radius 2 is 1.71 bits per heavy atom. The van der Waals surface area contributed by atoms with E-state index < -0.39 is 0 Å². The maximum atomic E-state index is 10.1. The first-order valence-corrected chi connectivity index (χ1v) is 7.92. The third-order valence-electron chi connectivity index (χ3n) is 3.91. The summed E-state index contributed by atoms with van der Waals surface area (Å²) in [7, 11) is 1.63. The van der Waals surface area contributed by atoms with E-state index >= 15 is 0 Å². The van der Waals surface area contributed by atoms with Crippen LogP contribution in [0.15, 0.2) is 52.7 Å². The lowest BCUT2D eigenvalue weighted by Gasteiger charge is -2.26. The molecule has 2 aromatic rings. The summed E-state index contributed by atoms with van der Waals surface area (Å²) >= 11 is 0. The summed E-state index contributed by atoms with van der Waals surface area (Å²) in [5.74, 6) is 1.07. The molecular weight excluding hydrogens is 306 g/mol. The van der Waals surface area contributed by atoms with E-state index in [1.807, 2.05) is 30.3 Å². The zero-order valence-corrected chi connectivity index (χ0v) is 13.7. The topological polar surface area (TPSA) is 66.7 Å². The largest absolute Gasteiger partial charge is 0.508 e. The van der Waals surface area contributed by atoms with Crippen LogP contribution in [0.3, 0.4) is 0 Å². The van der Waals surface area contributed by atoms with Crippen LogP contribution in [-0.2, 0) is 11.3 Å². The maximum Gasteiger partial charge on any atom is 0.120 e. The minimum atomic E-state index is 0.282. The number of hydrogen-bond donors (Lipinski definition) is 1. The third-order valence-corrected chi connectivity index (χ3v) is 3.91. The number of phenols is 1. The summed E-state index contributed by atoms with van der Waals surface area (Å²) in [6.45, 7) is 3.89. The van der Waals surface area contributed by atoms with Gasteiger partial charge in [0.1, 0.15) is 11.5 Å². The molecule has 0 unspecified atom stereocenters. The molecule has 1 heterocycles. The van der Waals surface area contributed by atoms with E-state index in [1.54, 1.807) is 19.2 Å². The number of hydrogen-bond acceptors (Lipinski definition) is 6. The molecule has 6 nitrogen and oxygen atoms in total. The van der Waals surface area contributed by atoms with Crippen LogP contribution in [0.5, 0.6) is 11.5 Å². The summed E-state index contributed by atoms with van der Waals surface area (Å²) in [6, 6.07) is 12.7. The number of aromatic hydroxyl groups is 1. The molecule has 1 saturated heterocycles. The van der Waals surface area contributed by atoms with Gasteiger partial charge in [-0.05, 0) is 42.5 Å². The Kier molecular flexibility index (Phi) is 5.40. The van der Waals surface area contributed by atoms with Gasteiger partial charge < -0.3 is 14.6 Å². The fourth-order valence-corrected chi connectivity index (χ4v) is 2.53. The lowest BCUT2D eigenvalue weighted by atomic mass is 10.1. The molecule has 126 valence electrons. The first kappa shape index (κ1) is 16.4. The van der Waals surface area contributed by atoms with E-state index in [0.717, 1.165) is 43.3 Å². The van der Waals surface area contributed by atoms with Gasteiger partial charge in [-0.2, -0.15) is 10.2 Å². The van der Waals surface area contributed by atoms with Crippen LogP contribution in [-0.4, -0.2) is 43.4 Å². The van der Waals surface area contributed by atoms with Crippen molar-refractivity contribution in [1.82, 2.24) is 4.90 Å². The van der Waals surface area contributed by atoms with Crippen molar-refractivity contribution in [3.63, 3.8) is 0 Å². The number of rotatable bonds is 5. The van der Waals surface area contributed by atoms with E-state index in [-0.39, 0.29) is 5.75 Å². The summed E-state index contributed by atoms with van der Waals surface area (Å²) in [5, 5.41) is 18.5. The first-order chi connectivity index (χ1) is 11.7. The van der Waals surface area contributed by atoms with Crippen LogP contribution < -0.4 is 4.74 Å². The normalized spacial score (nSPS) is 15.7. The SMILES string of the molecule is COc1ccc(N=Nc2ccc(O)c(CN3CCOCC3)c2)cc1. The van der Waals surface area contributed by atoms with E-state index in [2.05, 4.69) is 15.1 Å². The van der Waals surface area contributed by atoms with Gasteiger partial charge in [0, 0.05) is 25.2 Å². The first-order valence-electron chi connectivity index (χ1n) is 7.92. The molecule has 2 aromatic carbocycles. The van der Waals surface area contributed by atoms with Crippen LogP contribution >= 0.6 is 0 Å². The van der Waals surface area contributed by atoms with Crippen LogP contribution in [0, 0.1) is 0 Å². The average Bonchev–Trinajstić information content (AvgIpc) is 2.63. The minimum absolute atomic E-state index is 0.282. The highest BCUT2D eigenvalue weighted by Crippen LogP contribution is 2.27. The smallest absolute Gasteiger partial charge is 0.120 e. The molecule has 3 rings (SSSR count). The number of ether oxygens (including phenoxy) is 2. The summed E-state index contributed by atoms with van der Waals surface area (Å²) in [5.41, 5.74) is 2.31. The molecule has 0 atom stereocenters. The third kappa shape index (κ3) is 4.31. The van der Waals surface area contributed by atoms with E-state index in [1.165, 1.54) is 0 Å². The van der Waals surface area contributed by atoms with Crippen molar-refractivity contribution in [2.24, 2.45) is 10.2 Å². The van der Waals surface area contributed by atoms with Crippen molar-refractivity contribution in [3.05, 3.63) is 48.0 Å². The Labute approximate surface area is 141 Å². The van der Waals surface area contributed by atoms with Gasteiger partial charge >= 0.3 is 0 Å². The lowest BCUT2D eigenvalue weighted by molar-refractivity contribution is 0.0339. The molecule has 0 amide bonds. The second-order valence-corrected chi connectivity index (χ2v) is 5.60. The van der Waals surface area contributed by atoms with Crippen molar-refractivity contribution in [2.45, 2.75) is 6.54 Å². The number of azo groups is 1. The Balaban J connectivity index is 1.70. The van der Waals surface area contributed by atoms with Crippen LogP contribution in [0.1, 0.15) is 5.56 Å². The Morgan fingerprint density at radius 3 is 2.42 bits per heavy atom. The number of morpholine rings is 1. The monoisotopic (exact) mass is 327 g/mol. The summed E-state index contributed by atoms with van der Waals surface area (Å²) in [6.07, 6.45) is 0. The number of methoxy groups -OCH3 is 1. The molecule has 0 radical (unpaired) electrons. The summed E-state index contributed by atoms with van der Waals surface area (Å²) in [4.78, 5) is 2.25. The van der Waals surface area contributed by atoms with Crippen molar-refractivity contribution in [3.8, 4) is 11.5 Å². The van der Waals surface area contributed by atoms with Gasteiger partial charge in [0.15, 0.2) is 0 Å². The molecule has 0 aromatic heterocycles. The molecule has 0 saturated carbocycles. The Morgan fingerprint density at radius 1 is 1.04 bits per heavy atom. The van der Waals surface area contributed by atoms with Crippen LogP contribution in [0.25, 0.3) is 0 Å². The fraction of sp³-hybridized carbons (Fsp3) is 0.333. The highest BCUT2D eigenvalue weighted by atomic mass is 16.5. The predicted octanol–water partition coefficient (Wildman–Crippen LogP) is 3.65. The Hall–Kier alpha value is -2.44. The van der Waals surface area contributed by atoms with E-state index in [9.17, 15) is 5.11 Å². The highest BCUT2D eigenvalue weighted by molar-refractivity contribution is 5.47. The van der Waals surface area contributed by atoms with Gasteiger partial charge in [0.05, 0.1) is 31.7 Å². The molecule has 6 heteroatoms. The second kappa shape index (κ2) is 7.90. The van der Waals surface area contributed by atoms with Gasteiger partial charge in [-0.15, -0.1) is 0 Å². The van der Waals surface area contributed by atoms with Crippen LogP contribution in [0.4, 0.5) is 11.4 Å². The molecule has 0 bridgehead atoms. The van der Waals surface area contributed by atoms with Gasteiger partial charge in [-0.3, -0.25) is 4.90 Å². The van der Waals surface area contributed by atoms with Crippen molar-refractivity contribution in [1.29, 1.82) is 0 Å². The van der Waals surface area contributed by atoms with E-state index in [4.69, 9.17) is 9.47 Å². The van der Waals surface area contributed by atoms with Crippen molar-refractivity contribution >= 4 is 11.4 Å². The molecule has 0 aliphatic carbocycles. The maximum absolute atomic E-state index is 10.1. The molecule has 24 heavy (non-hydrogen) atoms. The molecule has 1 N–H and O–H groups in total. The van der Waals surface area contributed by atoms with Crippen LogP contribution in [0.2, 0.25) is 0 Å². The molecule has 1 fully saturated rings. The standard InChI is InChI=1S/C18H21N3O3/c1-23-17-5-2-15(3-6-17)19-20-16-4-7-18(22)14(12-16)13-21-8-10-24-11-9-21/h2-7,12,22H,8-11,13H2,1H3. The zero-order chi connectivity index (χ0) is 16.8. The minimum Gasteiger partial charge on any atom is -0.508 e. The van der Waals surface area contributed by atoms with E-state index in [0.29, 0.717) is 12.2 Å².